The summed E-state index contributed by atoms with van der Waals surface area (Å²) in [6.45, 7) is 3.83. The summed E-state index contributed by atoms with van der Waals surface area (Å²) in [4.78, 5) is 3.37. The second-order valence-corrected chi connectivity index (χ2v) is 6.03. The highest BCUT2D eigenvalue weighted by Crippen LogP contribution is 2.26. The monoisotopic (exact) mass is 278 g/mol. The van der Waals surface area contributed by atoms with Gasteiger partial charge in [0.05, 0.1) is 16.7 Å². The van der Waals surface area contributed by atoms with Crippen molar-refractivity contribution in [3.05, 3.63) is 29.3 Å². The van der Waals surface area contributed by atoms with Crippen LogP contribution in [0.5, 0.6) is 0 Å². The minimum Gasteiger partial charge on any atom is -0.392 e. The van der Waals surface area contributed by atoms with Crippen molar-refractivity contribution in [3.63, 3.8) is 0 Å². The summed E-state index contributed by atoms with van der Waals surface area (Å²) >= 11 is 1.65. The molecule has 1 aliphatic rings. The Kier molecular flexibility index (Phi) is 3.68. The quantitative estimate of drug-likeness (QED) is 0.938. The van der Waals surface area contributed by atoms with Crippen LogP contribution in [0.4, 0.5) is 0 Å². The highest BCUT2D eigenvalue weighted by atomic mass is 32.1. The van der Waals surface area contributed by atoms with Gasteiger partial charge < -0.3 is 9.63 Å². The Morgan fingerprint density at radius 1 is 1.58 bits per heavy atom. The van der Waals surface area contributed by atoms with E-state index in [1.165, 1.54) is 0 Å². The number of aromatic nitrogens is 1. The number of aliphatic hydroxyl groups excluding tert-OH is 1. The summed E-state index contributed by atoms with van der Waals surface area (Å²) in [5, 5.41) is 16.1. The molecule has 0 amide bonds. The average molecular weight is 278 g/mol. The minimum absolute atomic E-state index is 0.190. The van der Waals surface area contributed by atoms with Crippen LogP contribution in [-0.2, 0) is 6.54 Å². The summed E-state index contributed by atoms with van der Waals surface area (Å²) in [5.41, 5.74) is 0.935. The van der Waals surface area contributed by atoms with Crippen LogP contribution in [0.25, 0.3) is 10.6 Å². The lowest BCUT2D eigenvalue weighted by atomic mass is 10.0. The van der Waals surface area contributed by atoms with Crippen molar-refractivity contribution in [2.75, 3.05) is 6.54 Å². The molecule has 2 unspecified atom stereocenters. The lowest BCUT2D eigenvalue weighted by molar-refractivity contribution is 0.0147. The number of likely N-dealkylation sites (tertiary alicyclic amines) is 1. The van der Waals surface area contributed by atoms with Crippen molar-refractivity contribution in [2.45, 2.75) is 38.5 Å². The second kappa shape index (κ2) is 5.45. The van der Waals surface area contributed by atoms with Crippen LogP contribution < -0.4 is 0 Å². The molecule has 0 aliphatic carbocycles. The fourth-order valence-electron chi connectivity index (χ4n) is 2.54. The topological polar surface area (TPSA) is 49.5 Å². The summed E-state index contributed by atoms with van der Waals surface area (Å²) < 4.78 is 5.38. The number of nitrogens with zero attached hydrogens (tertiary/aromatic N) is 2. The van der Waals surface area contributed by atoms with Crippen LogP contribution in [0.3, 0.4) is 0 Å². The van der Waals surface area contributed by atoms with Crippen molar-refractivity contribution in [1.82, 2.24) is 10.1 Å². The number of hydrogen-bond donors (Lipinski definition) is 1. The van der Waals surface area contributed by atoms with E-state index in [0.29, 0.717) is 0 Å². The Labute approximate surface area is 116 Å². The largest absolute Gasteiger partial charge is 0.392 e. The van der Waals surface area contributed by atoms with Crippen LogP contribution in [0.2, 0.25) is 0 Å². The predicted octanol–water partition coefficient (Wildman–Crippen LogP) is 2.75. The molecule has 0 saturated carbocycles. The highest BCUT2D eigenvalue weighted by Gasteiger charge is 2.26. The van der Waals surface area contributed by atoms with Gasteiger partial charge >= 0.3 is 0 Å². The van der Waals surface area contributed by atoms with Gasteiger partial charge in [0.25, 0.3) is 0 Å². The molecule has 2 aromatic heterocycles. The molecule has 0 bridgehead atoms. The molecule has 1 fully saturated rings. The van der Waals surface area contributed by atoms with Gasteiger partial charge in [-0.25, -0.2) is 0 Å². The van der Waals surface area contributed by atoms with Gasteiger partial charge in [0.1, 0.15) is 0 Å². The molecule has 0 radical (unpaired) electrons. The summed E-state index contributed by atoms with van der Waals surface area (Å²) in [5.74, 6) is 0.829. The zero-order valence-electron chi connectivity index (χ0n) is 11.0. The molecular weight excluding hydrogens is 260 g/mol. The molecule has 3 heterocycles. The number of aliphatic hydroxyl groups is 1. The average Bonchev–Trinajstić information content (AvgIpc) is 3.05. The van der Waals surface area contributed by atoms with E-state index in [-0.39, 0.29) is 12.1 Å². The van der Waals surface area contributed by atoms with E-state index in [1.54, 1.807) is 11.3 Å². The number of thiophene rings is 1. The van der Waals surface area contributed by atoms with E-state index in [4.69, 9.17) is 4.52 Å². The maximum Gasteiger partial charge on any atom is 0.177 e. The second-order valence-electron chi connectivity index (χ2n) is 5.08. The van der Waals surface area contributed by atoms with Gasteiger partial charge in [-0.05, 0) is 37.8 Å². The van der Waals surface area contributed by atoms with E-state index in [2.05, 4.69) is 17.0 Å². The number of piperidine rings is 1. The minimum atomic E-state index is -0.225. The maximum atomic E-state index is 9.90. The zero-order chi connectivity index (χ0) is 13.2. The maximum absolute atomic E-state index is 9.90. The standard InChI is InChI=1S/C14H18N2O2S/c1-10-12(17)4-2-6-16(10)9-11-8-13(18-15-11)14-5-3-7-19-14/h3,5,7-8,10,12,17H,2,4,6,9H2,1H3. The Morgan fingerprint density at radius 3 is 3.26 bits per heavy atom. The van der Waals surface area contributed by atoms with Gasteiger partial charge in [-0.2, -0.15) is 0 Å². The van der Waals surface area contributed by atoms with E-state index in [9.17, 15) is 5.11 Å². The van der Waals surface area contributed by atoms with Gasteiger partial charge in [0, 0.05) is 18.7 Å². The highest BCUT2D eigenvalue weighted by molar-refractivity contribution is 7.13. The predicted molar refractivity (Wildman–Crippen MR) is 74.9 cm³/mol. The molecule has 5 heteroatoms. The number of hydrogen-bond acceptors (Lipinski definition) is 5. The van der Waals surface area contributed by atoms with Crippen LogP contribution in [0, 0.1) is 0 Å². The Hall–Kier alpha value is -1.17. The normalized spacial score (nSPS) is 24.7. The van der Waals surface area contributed by atoms with E-state index in [1.807, 2.05) is 23.6 Å². The first-order valence-corrected chi connectivity index (χ1v) is 7.53. The van der Waals surface area contributed by atoms with Crippen LogP contribution in [0.1, 0.15) is 25.5 Å². The van der Waals surface area contributed by atoms with E-state index < -0.39 is 0 Å². The van der Waals surface area contributed by atoms with Crippen LogP contribution >= 0.6 is 11.3 Å². The fraction of sp³-hybridized carbons (Fsp3) is 0.500. The molecule has 1 saturated heterocycles. The molecule has 102 valence electrons. The first kappa shape index (κ1) is 12.8. The molecular formula is C14H18N2O2S. The Bertz CT molecular complexity index is 523. The fourth-order valence-corrected chi connectivity index (χ4v) is 3.22. The number of rotatable bonds is 3. The molecule has 4 nitrogen and oxygen atoms in total. The lowest BCUT2D eigenvalue weighted by Gasteiger charge is -2.36. The van der Waals surface area contributed by atoms with Crippen molar-refractivity contribution >= 4 is 11.3 Å². The Balaban J connectivity index is 1.70. The van der Waals surface area contributed by atoms with Gasteiger partial charge in [-0.15, -0.1) is 11.3 Å². The van der Waals surface area contributed by atoms with Gasteiger partial charge in [0.15, 0.2) is 5.76 Å². The Morgan fingerprint density at radius 2 is 2.47 bits per heavy atom. The molecule has 19 heavy (non-hydrogen) atoms. The summed E-state index contributed by atoms with van der Waals surface area (Å²) in [6.07, 6.45) is 1.72. The third kappa shape index (κ3) is 2.73. The molecule has 0 aromatic carbocycles. The molecule has 0 spiro atoms. The van der Waals surface area contributed by atoms with Gasteiger partial charge in [0.2, 0.25) is 0 Å². The van der Waals surface area contributed by atoms with Crippen LogP contribution in [0.15, 0.2) is 28.1 Å². The van der Waals surface area contributed by atoms with Gasteiger partial charge in [-0.3, -0.25) is 4.90 Å². The van der Waals surface area contributed by atoms with Gasteiger partial charge in [-0.1, -0.05) is 11.2 Å². The van der Waals surface area contributed by atoms with Crippen molar-refractivity contribution in [1.29, 1.82) is 0 Å². The smallest absolute Gasteiger partial charge is 0.177 e. The molecule has 2 aromatic rings. The zero-order valence-corrected chi connectivity index (χ0v) is 11.8. The first-order chi connectivity index (χ1) is 9.24. The van der Waals surface area contributed by atoms with Crippen LogP contribution in [-0.4, -0.2) is 33.9 Å². The molecule has 1 aliphatic heterocycles. The third-order valence-corrected chi connectivity index (χ3v) is 4.65. The lowest BCUT2D eigenvalue weighted by Crippen LogP contribution is -2.45. The third-order valence-electron chi connectivity index (χ3n) is 3.77. The SMILES string of the molecule is CC1C(O)CCCN1Cc1cc(-c2cccs2)on1. The summed E-state index contributed by atoms with van der Waals surface area (Å²) in [7, 11) is 0. The van der Waals surface area contributed by atoms with E-state index in [0.717, 1.165) is 42.3 Å². The molecule has 3 rings (SSSR count). The van der Waals surface area contributed by atoms with E-state index >= 15 is 0 Å². The van der Waals surface area contributed by atoms with Crippen molar-refractivity contribution < 1.29 is 9.63 Å². The first-order valence-electron chi connectivity index (χ1n) is 6.65. The molecule has 2 atom stereocenters. The molecule has 1 N–H and O–H groups in total. The van der Waals surface area contributed by atoms with Crippen molar-refractivity contribution in [3.8, 4) is 10.6 Å². The summed E-state index contributed by atoms with van der Waals surface area (Å²) in [6, 6.07) is 6.23. The van der Waals surface area contributed by atoms with Crippen molar-refractivity contribution in [2.24, 2.45) is 0 Å².